The maximum atomic E-state index is 13.6. The Balaban J connectivity index is 1.89. The van der Waals surface area contributed by atoms with Gasteiger partial charge < -0.3 is 10.2 Å². The standard InChI is InChI=1S/C16H15F2N3O/c17-12-6-3-7-13(18)14(12)20-16(22)11-5-4-8-19-15(11)21-9-1-2-10-21/h3-8H,1-2,9-10H2,(H,20,22). The van der Waals surface area contributed by atoms with E-state index in [-0.39, 0.29) is 0 Å². The van der Waals surface area contributed by atoms with Gasteiger partial charge in [-0.2, -0.15) is 0 Å². The van der Waals surface area contributed by atoms with Crippen molar-refractivity contribution in [3.8, 4) is 0 Å². The summed E-state index contributed by atoms with van der Waals surface area (Å²) in [5, 5.41) is 2.30. The molecule has 6 heteroatoms. The second-order valence-electron chi connectivity index (χ2n) is 5.12. The summed E-state index contributed by atoms with van der Waals surface area (Å²) in [6.07, 6.45) is 3.69. The average molecular weight is 303 g/mol. The van der Waals surface area contributed by atoms with Gasteiger partial charge >= 0.3 is 0 Å². The molecule has 1 aliphatic rings. The second-order valence-corrected chi connectivity index (χ2v) is 5.12. The lowest BCUT2D eigenvalue weighted by Crippen LogP contribution is -2.24. The van der Waals surface area contributed by atoms with Crippen LogP contribution in [0.15, 0.2) is 36.5 Å². The van der Waals surface area contributed by atoms with E-state index in [1.165, 1.54) is 6.07 Å². The molecule has 0 bridgehead atoms. The molecule has 1 aromatic heterocycles. The Bertz CT molecular complexity index is 679. The number of aromatic nitrogens is 1. The van der Waals surface area contributed by atoms with Crippen LogP contribution in [-0.4, -0.2) is 24.0 Å². The Morgan fingerprint density at radius 2 is 1.77 bits per heavy atom. The quantitative estimate of drug-likeness (QED) is 0.947. The lowest BCUT2D eigenvalue weighted by molar-refractivity contribution is 0.102. The molecule has 0 atom stereocenters. The monoisotopic (exact) mass is 303 g/mol. The molecule has 0 unspecified atom stereocenters. The zero-order chi connectivity index (χ0) is 15.5. The van der Waals surface area contributed by atoms with Crippen LogP contribution in [0, 0.1) is 11.6 Å². The van der Waals surface area contributed by atoms with Crippen molar-refractivity contribution in [3.05, 3.63) is 53.7 Å². The number of nitrogens with zero attached hydrogens (tertiary/aromatic N) is 2. The summed E-state index contributed by atoms with van der Waals surface area (Å²) in [6.45, 7) is 1.65. The van der Waals surface area contributed by atoms with Crippen LogP contribution in [0.3, 0.4) is 0 Å². The summed E-state index contributed by atoms with van der Waals surface area (Å²) < 4.78 is 27.3. The number of halogens is 2. The highest BCUT2D eigenvalue weighted by atomic mass is 19.1. The normalized spacial score (nSPS) is 14.2. The predicted octanol–water partition coefficient (Wildman–Crippen LogP) is 3.21. The van der Waals surface area contributed by atoms with E-state index < -0.39 is 23.2 Å². The third kappa shape index (κ3) is 2.77. The molecule has 1 fully saturated rings. The van der Waals surface area contributed by atoms with E-state index in [2.05, 4.69) is 10.3 Å². The number of carbonyl (C=O) groups is 1. The molecule has 0 aliphatic carbocycles. The Morgan fingerprint density at radius 1 is 1.09 bits per heavy atom. The smallest absolute Gasteiger partial charge is 0.259 e. The van der Waals surface area contributed by atoms with Crippen molar-refractivity contribution >= 4 is 17.4 Å². The van der Waals surface area contributed by atoms with Gasteiger partial charge in [-0.05, 0) is 37.1 Å². The molecular weight excluding hydrogens is 288 g/mol. The van der Waals surface area contributed by atoms with E-state index in [4.69, 9.17) is 0 Å². The Kier molecular flexibility index (Phi) is 4.00. The average Bonchev–Trinajstić information content (AvgIpc) is 3.05. The summed E-state index contributed by atoms with van der Waals surface area (Å²) in [7, 11) is 0. The number of para-hydroxylation sites is 1. The molecule has 0 spiro atoms. The van der Waals surface area contributed by atoms with Crippen molar-refractivity contribution in [2.45, 2.75) is 12.8 Å². The molecule has 1 saturated heterocycles. The molecule has 1 aliphatic heterocycles. The molecule has 22 heavy (non-hydrogen) atoms. The van der Waals surface area contributed by atoms with Crippen LogP contribution in [0.25, 0.3) is 0 Å². The van der Waals surface area contributed by atoms with Crippen molar-refractivity contribution in [3.63, 3.8) is 0 Å². The van der Waals surface area contributed by atoms with Gasteiger partial charge in [0.15, 0.2) is 0 Å². The molecule has 0 radical (unpaired) electrons. The first-order valence-corrected chi connectivity index (χ1v) is 7.12. The minimum atomic E-state index is -0.806. The van der Waals surface area contributed by atoms with Crippen molar-refractivity contribution in [2.75, 3.05) is 23.3 Å². The Morgan fingerprint density at radius 3 is 2.45 bits per heavy atom. The van der Waals surface area contributed by atoms with Crippen molar-refractivity contribution in [2.24, 2.45) is 0 Å². The summed E-state index contributed by atoms with van der Waals surface area (Å²) >= 11 is 0. The van der Waals surface area contributed by atoms with Crippen LogP contribution in [0.4, 0.5) is 20.3 Å². The van der Waals surface area contributed by atoms with Crippen molar-refractivity contribution in [1.82, 2.24) is 4.98 Å². The maximum absolute atomic E-state index is 13.6. The molecule has 1 amide bonds. The topological polar surface area (TPSA) is 45.2 Å². The number of pyridine rings is 1. The minimum Gasteiger partial charge on any atom is -0.356 e. The predicted molar refractivity (Wildman–Crippen MR) is 80.0 cm³/mol. The highest BCUT2D eigenvalue weighted by Crippen LogP contribution is 2.24. The largest absolute Gasteiger partial charge is 0.356 e. The maximum Gasteiger partial charge on any atom is 0.259 e. The fraction of sp³-hybridized carbons (Fsp3) is 0.250. The number of benzene rings is 1. The van der Waals surface area contributed by atoms with Gasteiger partial charge in [0, 0.05) is 19.3 Å². The molecule has 1 N–H and O–H groups in total. The van der Waals surface area contributed by atoms with E-state index in [0.29, 0.717) is 11.4 Å². The number of nitrogens with one attached hydrogen (secondary N) is 1. The summed E-state index contributed by atoms with van der Waals surface area (Å²) in [4.78, 5) is 18.6. The summed E-state index contributed by atoms with van der Waals surface area (Å²) in [6, 6.07) is 6.69. The highest BCUT2D eigenvalue weighted by molar-refractivity contribution is 6.07. The van der Waals surface area contributed by atoms with Gasteiger partial charge in [-0.15, -0.1) is 0 Å². The zero-order valence-corrected chi connectivity index (χ0v) is 11.9. The number of amides is 1. The summed E-state index contributed by atoms with van der Waals surface area (Å²) in [5.41, 5.74) is -0.129. The Hall–Kier alpha value is -2.50. The fourth-order valence-electron chi connectivity index (χ4n) is 2.55. The van der Waals surface area contributed by atoms with Crippen LogP contribution < -0.4 is 10.2 Å². The first-order valence-electron chi connectivity index (χ1n) is 7.12. The lowest BCUT2D eigenvalue weighted by atomic mass is 10.2. The molecule has 3 rings (SSSR count). The number of rotatable bonds is 3. The molecule has 2 heterocycles. The molecule has 0 saturated carbocycles. The van der Waals surface area contributed by atoms with Gasteiger partial charge in [0.1, 0.15) is 23.1 Å². The van der Waals surface area contributed by atoms with E-state index in [1.54, 1.807) is 18.3 Å². The molecule has 114 valence electrons. The van der Waals surface area contributed by atoms with Gasteiger partial charge in [-0.25, -0.2) is 13.8 Å². The Labute approximate surface area is 126 Å². The minimum absolute atomic E-state index is 0.312. The SMILES string of the molecule is O=C(Nc1c(F)cccc1F)c1cccnc1N1CCCC1. The van der Waals surface area contributed by atoms with E-state index in [1.807, 2.05) is 4.90 Å². The van der Waals surface area contributed by atoms with E-state index in [0.717, 1.165) is 38.1 Å². The third-order valence-electron chi connectivity index (χ3n) is 3.64. The van der Waals surface area contributed by atoms with Gasteiger partial charge in [0.05, 0.1) is 5.56 Å². The molecule has 1 aromatic carbocycles. The lowest BCUT2D eigenvalue weighted by Gasteiger charge is -2.19. The number of hydrogen-bond donors (Lipinski definition) is 1. The number of carbonyl (C=O) groups excluding carboxylic acids is 1. The van der Waals surface area contributed by atoms with Crippen LogP contribution >= 0.6 is 0 Å². The summed E-state index contributed by atoms with van der Waals surface area (Å²) in [5.74, 6) is -1.63. The fourth-order valence-corrected chi connectivity index (χ4v) is 2.55. The highest BCUT2D eigenvalue weighted by Gasteiger charge is 2.22. The van der Waals surface area contributed by atoms with Crippen molar-refractivity contribution in [1.29, 1.82) is 0 Å². The zero-order valence-electron chi connectivity index (χ0n) is 11.9. The first-order chi connectivity index (χ1) is 10.7. The van der Waals surface area contributed by atoms with E-state index >= 15 is 0 Å². The number of hydrogen-bond acceptors (Lipinski definition) is 3. The third-order valence-corrected chi connectivity index (χ3v) is 3.64. The van der Waals surface area contributed by atoms with Crippen LogP contribution in [0.2, 0.25) is 0 Å². The van der Waals surface area contributed by atoms with Gasteiger partial charge in [-0.1, -0.05) is 6.07 Å². The van der Waals surface area contributed by atoms with Crippen molar-refractivity contribution < 1.29 is 13.6 Å². The second kappa shape index (κ2) is 6.09. The first kappa shape index (κ1) is 14.4. The van der Waals surface area contributed by atoms with Gasteiger partial charge in [0.25, 0.3) is 5.91 Å². The van der Waals surface area contributed by atoms with E-state index in [9.17, 15) is 13.6 Å². The molecule has 4 nitrogen and oxygen atoms in total. The van der Waals surface area contributed by atoms with Crippen LogP contribution in [0.1, 0.15) is 23.2 Å². The van der Waals surface area contributed by atoms with Crippen LogP contribution in [0.5, 0.6) is 0 Å². The molecule has 2 aromatic rings. The molecular formula is C16H15F2N3O. The van der Waals surface area contributed by atoms with Gasteiger partial charge in [-0.3, -0.25) is 4.79 Å². The van der Waals surface area contributed by atoms with Crippen LogP contribution in [-0.2, 0) is 0 Å². The number of anilines is 2. The van der Waals surface area contributed by atoms with Gasteiger partial charge in [0.2, 0.25) is 0 Å².